The van der Waals surface area contributed by atoms with Gasteiger partial charge in [-0.05, 0) is 42.2 Å². The summed E-state index contributed by atoms with van der Waals surface area (Å²) in [4.78, 5) is 28.5. The van der Waals surface area contributed by atoms with Gasteiger partial charge in [-0.25, -0.2) is 14.5 Å². The molecule has 1 aliphatic heterocycles. The van der Waals surface area contributed by atoms with E-state index in [2.05, 4.69) is 19.9 Å². The van der Waals surface area contributed by atoms with Crippen LogP contribution in [0.2, 0.25) is 5.02 Å². The topological polar surface area (TPSA) is 107 Å². The lowest BCUT2D eigenvalue weighted by Crippen LogP contribution is -2.33. The molecule has 0 bridgehead atoms. The number of aromatic amines is 1. The van der Waals surface area contributed by atoms with Gasteiger partial charge in [-0.3, -0.25) is 9.36 Å². The second kappa shape index (κ2) is 8.15. The number of hydrogen-bond acceptors (Lipinski definition) is 6. The molecule has 4 aromatic heterocycles. The van der Waals surface area contributed by atoms with Crippen molar-refractivity contribution in [1.82, 2.24) is 29.1 Å². The molecule has 1 fully saturated rings. The Hall–Kier alpha value is -3.34. The van der Waals surface area contributed by atoms with E-state index in [9.17, 15) is 9.35 Å². The van der Waals surface area contributed by atoms with Crippen LogP contribution in [0.5, 0.6) is 0 Å². The van der Waals surface area contributed by atoms with E-state index in [-0.39, 0.29) is 11.6 Å². The third-order valence-corrected chi connectivity index (χ3v) is 7.47. The highest BCUT2D eigenvalue weighted by Crippen LogP contribution is 2.39. The van der Waals surface area contributed by atoms with Gasteiger partial charge in [0.25, 0.3) is 5.56 Å². The molecule has 0 aliphatic carbocycles. The molecular weight excluding hydrogens is 474 g/mol. The summed E-state index contributed by atoms with van der Waals surface area (Å²) in [7, 11) is 0. The van der Waals surface area contributed by atoms with Crippen LogP contribution in [-0.2, 0) is 11.2 Å². The Morgan fingerprint density at radius 2 is 2.03 bits per heavy atom. The molecule has 0 unspecified atom stereocenters. The molecule has 9 nitrogen and oxygen atoms in total. The number of aromatic nitrogens is 6. The van der Waals surface area contributed by atoms with Crippen LogP contribution in [0, 0.1) is 0 Å². The van der Waals surface area contributed by atoms with Gasteiger partial charge in [0.2, 0.25) is 0 Å². The molecule has 172 valence electrons. The van der Waals surface area contributed by atoms with E-state index in [0.29, 0.717) is 45.0 Å². The number of nitrogens with zero attached hydrogens (tertiary/aromatic N) is 6. The average Bonchev–Trinajstić information content (AvgIpc) is 3.57. The molecule has 1 aromatic carbocycles. The SMILES string of the molecule is C[S@+]([O-])c1c[nH]c2ncnc(N3CCC[C@H]3c3nn4ccc(Cl)c4c(=O)n3-c3ccccc3)c12. The largest absolute Gasteiger partial charge is 0.612 e. The first-order valence-corrected chi connectivity index (χ1v) is 12.8. The number of anilines is 1. The molecule has 1 aliphatic rings. The lowest BCUT2D eigenvalue weighted by atomic mass is 10.2. The van der Waals surface area contributed by atoms with E-state index in [1.165, 1.54) is 6.33 Å². The molecule has 0 amide bonds. The normalized spacial score (nSPS) is 17.1. The van der Waals surface area contributed by atoms with Gasteiger partial charge in [-0.2, -0.15) is 5.10 Å². The molecule has 0 saturated carbocycles. The molecule has 2 atom stereocenters. The van der Waals surface area contributed by atoms with E-state index in [1.54, 1.807) is 33.8 Å². The van der Waals surface area contributed by atoms with Crippen LogP contribution in [0.15, 0.2) is 64.8 Å². The number of H-pyrrole nitrogens is 1. The van der Waals surface area contributed by atoms with E-state index in [1.807, 2.05) is 30.3 Å². The van der Waals surface area contributed by atoms with Gasteiger partial charge < -0.3 is 14.4 Å². The summed E-state index contributed by atoms with van der Waals surface area (Å²) in [5.41, 5.74) is 1.44. The van der Waals surface area contributed by atoms with E-state index in [4.69, 9.17) is 16.7 Å². The second-order valence-corrected chi connectivity index (χ2v) is 9.93. The summed E-state index contributed by atoms with van der Waals surface area (Å²) in [6.45, 7) is 0.715. The van der Waals surface area contributed by atoms with Crippen LogP contribution in [0.3, 0.4) is 0 Å². The summed E-state index contributed by atoms with van der Waals surface area (Å²) in [5, 5.41) is 5.95. The van der Waals surface area contributed by atoms with Crippen LogP contribution >= 0.6 is 11.6 Å². The highest BCUT2D eigenvalue weighted by molar-refractivity contribution is 7.91. The number of benzene rings is 1. The number of rotatable bonds is 4. The summed E-state index contributed by atoms with van der Waals surface area (Å²) in [5.74, 6) is 1.27. The molecule has 0 spiro atoms. The zero-order chi connectivity index (χ0) is 23.4. The minimum absolute atomic E-state index is 0.232. The third-order valence-electron chi connectivity index (χ3n) is 6.22. The van der Waals surface area contributed by atoms with Crippen molar-refractivity contribution >= 4 is 45.1 Å². The molecule has 0 radical (unpaired) electrons. The lowest BCUT2D eigenvalue weighted by Gasteiger charge is -2.27. The maximum atomic E-state index is 13.7. The van der Waals surface area contributed by atoms with Gasteiger partial charge in [0.15, 0.2) is 10.7 Å². The number of nitrogens with one attached hydrogen (secondary N) is 1. The monoisotopic (exact) mass is 493 g/mol. The molecular formula is C23H20ClN7O2S. The van der Waals surface area contributed by atoms with Crippen LogP contribution in [0.1, 0.15) is 24.7 Å². The van der Waals surface area contributed by atoms with Crippen LogP contribution in [0.4, 0.5) is 5.82 Å². The fraction of sp³-hybridized carbons (Fsp3) is 0.217. The van der Waals surface area contributed by atoms with Crippen molar-refractivity contribution in [2.45, 2.75) is 23.8 Å². The lowest BCUT2D eigenvalue weighted by molar-refractivity contribution is 0.599. The van der Waals surface area contributed by atoms with Gasteiger partial charge in [-0.15, -0.1) is 0 Å². The smallest absolute Gasteiger partial charge is 0.284 e. The third kappa shape index (κ3) is 3.21. The van der Waals surface area contributed by atoms with Gasteiger partial charge in [0.1, 0.15) is 35.0 Å². The van der Waals surface area contributed by atoms with Gasteiger partial charge in [0.05, 0.1) is 22.9 Å². The van der Waals surface area contributed by atoms with Crippen molar-refractivity contribution in [3.63, 3.8) is 0 Å². The minimum atomic E-state index is -1.22. The predicted molar refractivity (Wildman–Crippen MR) is 131 cm³/mol. The summed E-state index contributed by atoms with van der Waals surface area (Å²) >= 11 is 5.12. The predicted octanol–water partition coefficient (Wildman–Crippen LogP) is 3.49. The van der Waals surface area contributed by atoms with Crippen molar-refractivity contribution < 1.29 is 4.55 Å². The Kier molecular flexibility index (Phi) is 5.09. The van der Waals surface area contributed by atoms with Crippen LogP contribution < -0.4 is 10.5 Å². The summed E-state index contributed by atoms with van der Waals surface area (Å²) < 4.78 is 15.6. The first-order chi connectivity index (χ1) is 16.5. The molecule has 5 aromatic rings. The second-order valence-electron chi connectivity index (χ2n) is 8.17. The summed E-state index contributed by atoms with van der Waals surface area (Å²) in [6.07, 6.45) is 8.22. The molecule has 5 heterocycles. The van der Waals surface area contributed by atoms with Gasteiger partial charge >= 0.3 is 0 Å². The maximum absolute atomic E-state index is 13.7. The zero-order valence-corrected chi connectivity index (χ0v) is 19.8. The van der Waals surface area contributed by atoms with E-state index < -0.39 is 11.2 Å². The molecule has 11 heteroatoms. The maximum Gasteiger partial charge on any atom is 0.284 e. The fourth-order valence-electron chi connectivity index (χ4n) is 4.74. The minimum Gasteiger partial charge on any atom is -0.612 e. The standard InChI is InChI=1S/C23H20ClN7O2S/c1-34(33)17-12-25-20-18(17)22(27-13-26-20)29-10-5-8-16(29)21-28-30-11-9-15(24)19(30)23(32)31(21)14-6-3-2-4-7-14/h2-4,6-7,9,11-13,16H,5,8,10H2,1H3,(H,25,26,27)/t16-,34-/m0/s1. The van der Waals surface area contributed by atoms with E-state index in [0.717, 1.165) is 18.2 Å². The fourth-order valence-corrected chi connectivity index (χ4v) is 5.67. The Bertz CT molecular complexity index is 1580. The van der Waals surface area contributed by atoms with Crippen molar-refractivity contribution in [3.8, 4) is 5.69 Å². The Labute approximate surface area is 202 Å². The van der Waals surface area contributed by atoms with Crippen molar-refractivity contribution in [3.05, 3.63) is 76.3 Å². The first kappa shape index (κ1) is 21.2. The summed E-state index contributed by atoms with van der Waals surface area (Å²) in [6, 6.07) is 10.9. The quantitative estimate of drug-likeness (QED) is 0.384. The van der Waals surface area contributed by atoms with Crippen LogP contribution in [-0.4, -0.2) is 46.5 Å². The number of fused-ring (bicyclic) bond motifs is 2. The molecule has 6 rings (SSSR count). The Morgan fingerprint density at radius 3 is 2.82 bits per heavy atom. The van der Waals surface area contributed by atoms with Crippen molar-refractivity contribution in [2.75, 3.05) is 17.7 Å². The molecule has 1 saturated heterocycles. The Balaban J connectivity index is 1.59. The molecule has 34 heavy (non-hydrogen) atoms. The highest BCUT2D eigenvalue weighted by Gasteiger charge is 2.35. The van der Waals surface area contributed by atoms with E-state index >= 15 is 0 Å². The van der Waals surface area contributed by atoms with Crippen molar-refractivity contribution in [1.29, 1.82) is 0 Å². The Morgan fingerprint density at radius 1 is 1.21 bits per heavy atom. The highest BCUT2D eigenvalue weighted by atomic mass is 35.5. The first-order valence-electron chi connectivity index (χ1n) is 10.8. The zero-order valence-electron chi connectivity index (χ0n) is 18.2. The van der Waals surface area contributed by atoms with Gasteiger partial charge in [0, 0.05) is 12.7 Å². The number of halogens is 1. The van der Waals surface area contributed by atoms with Crippen LogP contribution in [0.25, 0.3) is 22.2 Å². The average molecular weight is 494 g/mol. The number of para-hydroxylation sites is 1. The molecule has 1 N–H and O–H groups in total. The number of hydrogen-bond donors (Lipinski definition) is 1. The van der Waals surface area contributed by atoms with Crippen molar-refractivity contribution in [2.24, 2.45) is 0 Å². The van der Waals surface area contributed by atoms with Gasteiger partial charge in [-0.1, -0.05) is 29.8 Å².